The number of nitrogens with zero attached hydrogens (tertiary/aromatic N) is 2. The number of imidazole rings is 1. The summed E-state index contributed by atoms with van der Waals surface area (Å²) in [6.07, 6.45) is 1.94. The molecule has 0 aliphatic rings. The molecule has 0 unspecified atom stereocenters. The van der Waals surface area contributed by atoms with Gasteiger partial charge in [-0.05, 0) is 42.8 Å². The predicted octanol–water partition coefficient (Wildman–Crippen LogP) is 2.26. The second kappa shape index (κ2) is 7.40. The molecular formula is C19H21N3O4S. The SMILES string of the molecule is CCCn1c(=O)n(CC(=O)Nc2ccc(S(C)(=O)=O)cc2)c2ccccc21. The third-order valence-electron chi connectivity index (χ3n) is 4.24. The summed E-state index contributed by atoms with van der Waals surface area (Å²) in [7, 11) is -3.29. The first-order valence-corrected chi connectivity index (χ1v) is 10.5. The summed E-state index contributed by atoms with van der Waals surface area (Å²) >= 11 is 0. The van der Waals surface area contributed by atoms with E-state index in [0.29, 0.717) is 17.7 Å². The standard InChI is InChI=1S/C19H21N3O4S/c1-3-12-21-16-6-4-5-7-17(16)22(19(21)24)13-18(23)20-14-8-10-15(11-9-14)27(2,25)26/h4-11H,3,12-13H2,1-2H3,(H,20,23). The highest BCUT2D eigenvalue weighted by Gasteiger charge is 2.15. The molecule has 0 fully saturated rings. The van der Waals surface area contributed by atoms with Gasteiger partial charge < -0.3 is 5.32 Å². The van der Waals surface area contributed by atoms with Gasteiger partial charge in [0.15, 0.2) is 9.84 Å². The molecular weight excluding hydrogens is 366 g/mol. The molecule has 0 bridgehead atoms. The fourth-order valence-corrected chi connectivity index (χ4v) is 3.63. The first-order chi connectivity index (χ1) is 12.8. The van der Waals surface area contributed by atoms with Crippen molar-refractivity contribution in [3.05, 3.63) is 59.0 Å². The van der Waals surface area contributed by atoms with Gasteiger partial charge in [0.1, 0.15) is 6.54 Å². The van der Waals surface area contributed by atoms with E-state index in [0.717, 1.165) is 18.2 Å². The van der Waals surface area contributed by atoms with E-state index in [2.05, 4.69) is 5.32 Å². The van der Waals surface area contributed by atoms with Crippen LogP contribution in [0.25, 0.3) is 11.0 Å². The average Bonchev–Trinajstić information content (AvgIpc) is 2.88. The Morgan fingerprint density at radius 1 is 1.00 bits per heavy atom. The molecule has 0 spiro atoms. The van der Waals surface area contributed by atoms with Crippen molar-refractivity contribution in [3.63, 3.8) is 0 Å². The molecule has 3 rings (SSSR count). The Morgan fingerprint density at radius 2 is 1.59 bits per heavy atom. The number of aromatic nitrogens is 2. The fourth-order valence-electron chi connectivity index (χ4n) is 2.99. The highest BCUT2D eigenvalue weighted by molar-refractivity contribution is 7.90. The fraction of sp³-hybridized carbons (Fsp3) is 0.263. The Bertz CT molecular complexity index is 1140. The quantitative estimate of drug-likeness (QED) is 0.702. The zero-order chi connectivity index (χ0) is 19.6. The number of hydrogen-bond acceptors (Lipinski definition) is 4. The van der Waals surface area contributed by atoms with Crippen LogP contribution in [0.3, 0.4) is 0 Å². The summed E-state index contributed by atoms with van der Waals surface area (Å²) < 4.78 is 26.1. The summed E-state index contributed by atoms with van der Waals surface area (Å²) in [5, 5.41) is 2.70. The maximum Gasteiger partial charge on any atom is 0.329 e. The van der Waals surface area contributed by atoms with E-state index in [1.807, 2.05) is 31.2 Å². The number of hydrogen-bond donors (Lipinski definition) is 1. The number of sulfone groups is 1. The lowest BCUT2D eigenvalue weighted by Gasteiger charge is -2.07. The molecule has 142 valence electrons. The number of rotatable bonds is 6. The normalized spacial score (nSPS) is 11.6. The molecule has 1 N–H and O–H groups in total. The third-order valence-corrected chi connectivity index (χ3v) is 5.37. The van der Waals surface area contributed by atoms with Gasteiger partial charge in [-0.1, -0.05) is 19.1 Å². The van der Waals surface area contributed by atoms with Gasteiger partial charge in [-0.25, -0.2) is 13.2 Å². The molecule has 8 heteroatoms. The highest BCUT2D eigenvalue weighted by atomic mass is 32.2. The third kappa shape index (κ3) is 3.95. The summed E-state index contributed by atoms with van der Waals surface area (Å²) in [5.41, 5.74) is 1.76. The number of carbonyl (C=O) groups excluding carboxylic acids is 1. The number of anilines is 1. The van der Waals surface area contributed by atoms with Crippen LogP contribution >= 0.6 is 0 Å². The number of para-hydroxylation sites is 2. The van der Waals surface area contributed by atoms with E-state index in [4.69, 9.17) is 0 Å². The van der Waals surface area contributed by atoms with Gasteiger partial charge in [0.2, 0.25) is 5.91 Å². The Balaban J connectivity index is 1.84. The monoisotopic (exact) mass is 387 g/mol. The van der Waals surface area contributed by atoms with Crippen molar-refractivity contribution in [3.8, 4) is 0 Å². The number of nitrogens with one attached hydrogen (secondary N) is 1. The van der Waals surface area contributed by atoms with Crippen LogP contribution in [0, 0.1) is 0 Å². The molecule has 3 aromatic rings. The Labute approximate surface area is 157 Å². The minimum absolute atomic E-state index is 0.121. The maximum absolute atomic E-state index is 12.7. The van der Waals surface area contributed by atoms with Crippen molar-refractivity contribution >= 4 is 32.5 Å². The number of aryl methyl sites for hydroxylation is 1. The molecule has 1 heterocycles. The predicted molar refractivity (Wildman–Crippen MR) is 105 cm³/mol. The molecule has 0 saturated carbocycles. The number of fused-ring (bicyclic) bond motifs is 1. The molecule has 7 nitrogen and oxygen atoms in total. The number of benzene rings is 2. The van der Waals surface area contributed by atoms with Crippen LogP contribution in [0.5, 0.6) is 0 Å². The Hall–Kier alpha value is -2.87. The van der Waals surface area contributed by atoms with Gasteiger partial charge in [0.05, 0.1) is 15.9 Å². The molecule has 0 aliphatic heterocycles. The maximum atomic E-state index is 12.7. The summed E-state index contributed by atoms with van der Waals surface area (Å²) in [6.45, 7) is 2.45. The summed E-state index contributed by atoms with van der Waals surface area (Å²) in [5.74, 6) is -0.358. The molecule has 2 aromatic carbocycles. The van der Waals surface area contributed by atoms with Gasteiger partial charge in [-0.3, -0.25) is 13.9 Å². The van der Waals surface area contributed by atoms with Gasteiger partial charge in [0, 0.05) is 18.5 Å². The van der Waals surface area contributed by atoms with Crippen LogP contribution in [-0.2, 0) is 27.7 Å². The van der Waals surface area contributed by atoms with Crippen LogP contribution in [0.15, 0.2) is 58.2 Å². The molecule has 27 heavy (non-hydrogen) atoms. The van der Waals surface area contributed by atoms with E-state index in [-0.39, 0.29) is 23.0 Å². The lowest BCUT2D eigenvalue weighted by Crippen LogP contribution is -2.29. The molecule has 0 saturated heterocycles. The number of carbonyl (C=O) groups is 1. The largest absolute Gasteiger partial charge is 0.329 e. The molecule has 0 radical (unpaired) electrons. The highest BCUT2D eigenvalue weighted by Crippen LogP contribution is 2.15. The van der Waals surface area contributed by atoms with Crippen molar-refractivity contribution in [2.75, 3.05) is 11.6 Å². The first kappa shape index (κ1) is 18.9. The van der Waals surface area contributed by atoms with E-state index in [1.54, 1.807) is 4.57 Å². The van der Waals surface area contributed by atoms with Crippen molar-refractivity contribution in [2.24, 2.45) is 0 Å². The van der Waals surface area contributed by atoms with Crippen LogP contribution in [-0.4, -0.2) is 29.7 Å². The van der Waals surface area contributed by atoms with Crippen LogP contribution in [0.4, 0.5) is 5.69 Å². The lowest BCUT2D eigenvalue weighted by atomic mass is 10.3. The zero-order valence-corrected chi connectivity index (χ0v) is 16.0. The summed E-state index contributed by atoms with van der Waals surface area (Å²) in [6, 6.07) is 13.3. The number of amides is 1. The topological polar surface area (TPSA) is 90.2 Å². The zero-order valence-electron chi connectivity index (χ0n) is 15.2. The van der Waals surface area contributed by atoms with Gasteiger partial charge in [0.25, 0.3) is 0 Å². The van der Waals surface area contributed by atoms with Gasteiger partial charge >= 0.3 is 5.69 Å². The average molecular weight is 387 g/mol. The minimum atomic E-state index is -3.29. The first-order valence-electron chi connectivity index (χ1n) is 8.59. The van der Waals surface area contributed by atoms with E-state index in [9.17, 15) is 18.0 Å². The lowest BCUT2D eigenvalue weighted by molar-refractivity contribution is -0.116. The van der Waals surface area contributed by atoms with Crippen molar-refractivity contribution < 1.29 is 13.2 Å². The smallest absolute Gasteiger partial charge is 0.325 e. The van der Waals surface area contributed by atoms with Crippen LogP contribution in [0.2, 0.25) is 0 Å². The second-order valence-electron chi connectivity index (χ2n) is 6.35. The molecule has 1 amide bonds. The molecule has 1 aromatic heterocycles. The Kier molecular flexibility index (Phi) is 5.18. The minimum Gasteiger partial charge on any atom is -0.325 e. The van der Waals surface area contributed by atoms with E-state index >= 15 is 0 Å². The molecule has 0 aliphatic carbocycles. The Morgan fingerprint density at radius 3 is 2.15 bits per heavy atom. The van der Waals surface area contributed by atoms with Gasteiger partial charge in [-0.2, -0.15) is 0 Å². The summed E-state index contributed by atoms with van der Waals surface area (Å²) in [4.78, 5) is 25.3. The van der Waals surface area contributed by atoms with E-state index in [1.165, 1.54) is 28.8 Å². The van der Waals surface area contributed by atoms with E-state index < -0.39 is 9.84 Å². The van der Waals surface area contributed by atoms with Crippen LogP contribution < -0.4 is 11.0 Å². The van der Waals surface area contributed by atoms with Crippen molar-refractivity contribution in [1.82, 2.24) is 9.13 Å². The second-order valence-corrected chi connectivity index (χ2v) is 8.37. The van der Waals surface area contributed by atoms with Crippen molar-refractivity contribution in [2.45, 2.75) is 31.3 Å². The van der Waals surface area contributed by atoms with Crippen molar-refractivity contribution in [1.29, 1.82) is 0 Å². The van der Waals surface area contributed by atoms with Crippen LogP contribution in [0.1, 0.15) is 13.3 Å². The van der Waals surface area contributed by atoms with Gasteiger partial charge in [-0.15, -0.1) is 0 Å². The molecule has 0 atom stereocenters.